The van der Waals surface area contributed by atoms with Gasteiger partial charge in [-0.1, -0.05) is 23.7 Å². The molecule has 0 unspecified atom stereocenters. The van der Waals surface area contributed by atoms with Gasteiger partial charge in [0, 0.05) is 27.2 Å². The largest absolute Gasteiger partial charge is 0.349 e. The van der Waals surface area contributed by atoms with E-state index in [2.05, 4.69) is 15.3 Å². The lowest BCUT2D eigenvalue weighted by atomic mass is 10.1. The molecule has 2 aromatic carbocycles. The van der Waals surface area contributed by atoms with Crippen LogP contribution in [0.4, 0.5) is 0 Å². The minimum Gasteiger partial charge on any atom is -0.349 e. The molecule has 0 aliphatic carbocycles. The lowest BCUT2D eigenvalue weighted by Gasteiger charge is -2.14. The molecule has 0 aliphatic heterocycles. The molecule has 0 fully saturated rings. The molecular weight excluding hydrogens is 394 g/mol. The van der Waals surface area contributed by atoms with Gasteiger partial charge in [0.05, 0.1) is 12.5 Å². The summed E-state index contributed by atoms with van der Waals surface area (Å²) in [4.78, 5) is 32.8. The molecule has 0 spiro atoms. The first kappa shape index (κ1) is 20.2. The molecule has 3 aromatic rings. The van der Waals surface area contributed by atoms with Crippen molar-refractivity contribution in [3.05, 3.63) is 81.2 Å². The number of nitrogens with zero attached hydrogens (tertiary/aromatic N) is 1. The third-order valence-electron chi connectivity index (χ3n) is 4.34. The topological polar surface area (TPSA) is 74.8 Å². The van der Waals surface area contributed by atoms with Crippen LogP contribution in [0.3, 0.4) is 0 Å². The summed E-state index contributed by atoms with van der Waals surface area (Å²) < 4.78 is 0. The highest BCUT2D eigenvalue weighted by atomic mass is 35.5. The first-order valence-corrected chi connectivity index (χ1v) is 10.3. The Labute approximate surface area is 172 Å². The fourth-order valence-corrected chi connectivity index (χ4v) is 3.28. The second-order valence-corrected chi connectivity index (χ2v) is 7.65. The molecule has 1 amide bonds. The standard InChI is InChI=1S/C21H20ClN3O2S/c1-13(14-5-9-18(28-2)10-6-14)24-19(26)11-16-12-23-20(25-21(16)27)15-3-7-17(22)8-4-15/h3-10,12-13H,11H2,1-2H3,(H,24,26)(H,23,25,27)/t13-/m0/s1. The highest BCUT2D eigenvalue weighted by Gasteiger charge is 2.13. The number of hydrogen-bond donors (Lipinski definition) is 2. The SMILES string of the molecule is CSc1ccc([C@H](C)NC(=O)Cc2cnc(-c3ccc(Cl)cc3)[nH]c2=O)cc1. The van der Waals surface area contributed by atoms with E-state index in [-0.39, 0.29) is 23.9 Å². The van der Waals surface area contributed by atoms with E-state index in [1.807, 2.05) is 37.4 Å². The van der Waals surface area contributed by atoms with E-state index in [1.165, 1.54) is 11.1 Å². The zero-order chi connectivity index (χ0) is 20.1. The van der Waals surface area contributed by atoms with Crippen LogP contribution in [0, 0.1) is 0 Å². The number of nitrogens with one attached hydrogen (secondary N) is 2. The van der Waals surface area contributed by atoms with Crippen LogP contribution in [0.2, 0.25) is 5.02 Å². The second-order valence-electron chi connectivity index (χ2n) is 6.33. The summed E-state index contributed by atoms with van der Waals surface area (Å²) in [6, 6.07) is 14.9. The fraction of sp³-hybridized carbons (Fsp3) is 0.190. The Morgan fingerprint density at radius 1 is 1.18 bits per heavy atom. The van der Waals surface area contributed by atoms with E-state index in [9.17, 15) is 9.59 Å². The van der Waals surface area contributed by atoms with Crippen LogP contribution in [-0.2, 0) is 11.2 Å². The van der Waals surface area contributed by atoms with Crippen molar-refractivity contribution in [2.24, 2.45) is 0 Å². The molecule has 1 atom stereocenters. The molecule has 0 bridgehead atoms. The molecule has 28 heavy (non-hydrogen) atoms. The van der Waals surface area contributed by atoms with Crippen molar-refractivity contribution in [1.82, 2.24) is 15.3 Å². The smallest absolute Gasteiger partial charge is 0.254 e. The Hall–Kier alpha value is -2.57. The Kier molecular flexibility index (Phi) is 6.54. The lowest BCUT2D eigenvalue weighted by molar-refractivity contribution is -0.121. The van der Waals surface area contributed by atoms with Gasteiger partial charge in [-0.15, -0.1) is 11.8 Å². The van der Waals surface area contributed by atoms with Crippen LogP contribution in [0.5, 0.6) is 0 Å². The first-order chi connectivity index (χ1) is 13.5. The van der Waals surface area contributed by atoms with Crippen molar-refractivity contribution in [1.29, 1.82) is 0 Å². The van der Waals surface area contributed by atoms with Gasteiger partial charge in [0.15, 0.2) is 0 Å². The Balaban J connectivity index is 1.66. The number of aromatic amines is 1. The number of halogens is 1. The van der Waals surface area contributed by atoms with E-state index in [4.69, 9.17) is 11.6 Å². The molecule has 0 saturated heterocycles. The molecule has 1 aromatic heterocycles. The van der Waals surface area contributed by atoms with Crippen LogP contribution >= 0.6 is 23.4 Å². The van der Waals surface area contributed by atoms with Crippen molar-refractivity contribution >= 4 is 29.3 Å². The van der Waals surface area contributed by atoms with Gasteiger partial charge >= 0.3 is 0 Å². The van der Waals surface area contributed by atoms with E-state index >= 15 is 0 Å². The molecule has 0 radical (unpaired) electrons. The number of benzene rings is 2. The molecule has 144 valence electrons. The Morgan fingerprint density at radius 3 is 2.46 bits per heavy atom. The number of carbonyl (C=O) groups is 1. The minimum atomic E-state index is -0.327. The van der Waals surface area contributed by atoms with Gasteiger partial charge in [0.25, 0.3) is 5.56 Å². The molecule has 3 rings (SSSR count). The number of rotatable bonds is 6. The average Bonchev–Trinajstić information content (AvgIpc) is 2.70. The van der Waals surface area contributed by atoms with E-state index < -0.39 is 0 Å². The lowest BCUT2D eigenvalue weighted by Crippen LogP contribution is -2.30. The van der Waals surface area contributed by atoms with Crippen LogP contribution in [-0.4, -0.2) is 22.1 Å². The average molecular weight is 414 g/mol. The van der Waals surface area contributed by atoms with Crippen LogP contribution in [0.15, 0.2) is 64.4 Å². The number of H-pyrrole nitrogens is 1. The molecule has 0 saturated carbocycles. The molecule has 5 nitrogen and oxygen atoms in total. The van der Waals surface area contributed by atoms with Crippen LogP contribution < -0.4 is 10.9 Å². The number of hydrogen-bond acceptors (Lipinski definition) is 4. The zero-order valence-electron chi connectivity index (χ0n) is 15.5. The molecule has 7 heteroatoms. The normalized spacial score (nSPS) is 11.8. The third-order valence-corrected chi connectivity index (χ3v) is 5.33. The Morgan fingerprint density at radius 2 is 1.86 bits per heavy atom. The van der Waals surface area contributed by atoms with Crippen LogP contribution in [0.25, 0.3) is 11.4 Å². The van der Waals surface area contributed by atoms with E-state index in [0.29, 0.717) is 16.4 Å². The highest BCUT2D eigenvalue weighted by molar-refractivity contribution is 7.98. The number of aromatic nitrogens is 2. The van der Waals surface area contributed by atoms with Gasteiger partial charge in [0.2, 0.25) is 5.91 Å². The monoisotopic (exact) mass is 413 g/mol. The number of thioether (sulfide) groups is 1. The molecule has 1 heterocycles. The van der Waals surface area contributed by atoms with Crippen molar-refractivity contribution in [3.63, 3.8) is 0 Å². The Bertz CT molecular complexity index is 1020. The van der Waals surface area contributed by atoms with Crippen molar-refractivity contribution < 1.29 is 4.79 Å². The number of carbonyl (C=O) groups excluding carboxylic acids is 1. The van der Waals surface area contributed by atoms with Crippen molar-refractivity contribution in [3.8, 4) is 11.4 Å². The van der Waals surface area contributed by atoms with E-state index in [0.717, 1.165) is 11.1 Å². The fourth-order valence-electron chi connectivity index (χ4n) is 2.74. The van der Waals surface area contributed by atoms with Crippen LogP contribution in [0.1, 0.15) is 24.1 Å². The number of amides is 1. The summed E-state index contributed by atoms with van der Waals surface area (Å²) in [6.07, 6.45) is 3.43. The maximum Gasteiger partial charge on any atom is 0.254 e. The van der Waals surface area contributed by atoms with Crippen molar-refractivity contribution in [2.45, 2.75) is 24.3 Å². The zero-order valence-corrected chi connectivity index (χ0v) is 17.1. The third kappa shape index (κ3) is 5.03. The summed E-state index contributed by atoms with van der Waals surface area (Å²) in [5.41, 5.74) is 1.75. The minimum absolute atomic E-state index is 0.0313. The van der Waals surface area contributed by atoms with Gasteiger partial charge in [-0.2, -0.15) is 0 Å². The summed E-state index contributed by atoms with van der Waals surface area (Å²) in [6.45, 7) is 1.91. The summed E-state index contributed by atoms with van der Waals surface area (Å²) in [5, 5.41) is 3.53. The highest BCUT2D eigenvalue weighted by Crippen LogP contribution is 2.19. The van der Waals surface area contributed by atoms with Gasteiger partial charge in [0.1, 0.15) is 5.82 Å². The summed E-state index contributed by atoms with van der Waals surface area (Å²) in [7, 11) is 0. The van der Waals surface area contributed by atoms with Gasteiger partial charge < -0.3 is 10.3 Å². The second kappa shape index (κ2) is 9.08. The first-order valence-electron chi connectivity index (χ1n) is 8.73. The van der Waals surface area contributed by atoms with Gasteiger partial charge in [-0.05, 0) is 55.1 Å². The quantitative estimate of drug-likeness (QED) is 0.593. The van der Waals surface area contributed by atoms with E-state index in [1.54, 1.807) is 36.0 Å². The molecule has 2 N–H and O–H groups in total. The maximum atomic E-state index is 12.4. The van der Waals surface area contributed by atoms with Crippen molar-refractivity contribution in [2.75, 3.05) is 6.26 Å². The summed E-state index contributed by atoms with van der Waals surface area (Å²) >= 11 is 7.54. The molecule has 0 aliphatic rings. The predicted molar refractivity (Wildman–Crippen MR) is 114 cm³/mol. The predicted octanol–water partition coefficient (Wildman–Crippen LogP) is 4.23. The summed E-state index contributed by atoms with van der Waals surface area (Å²) in [5.74, 6) is 0.209. The molecular formula is C21H20ClN3O2S. The van der Waals surface area contributed by atoms with Gasteiger partial charge in [-0.3, -0.25) is 9.59 Å². The maximum absolute atomic E-state index is 12.4. The van der Waals surface area contributed by atoms with Gasteiger partial charge in [-0.25, -0.2) is 4.98 Å².